The second-order valence-electron chi connectivity index (χ2n) is 9.95. The Morgan fingerprint density at radius 3 is 2.00 bits per heavy atom. The largest absolute Gasteiger partial charge is 0.480 e. The number of hydrogen-bond donors (Lipinski definition) is 7. The van der Waals surface area contributed by atoms with Crippen LogP contribution in [0.1, 0.15) is 65.5 Å². The second-order valence-corrected chi connectivity index (χ2v) is 9.95. The average molecular weight is 510 g/mol. The molecule has 0 aromatic carbocycles. The van der Waals surface area contributed by atoms with Gasteiger partial charge in [0, 0.05) is 18.3 Å². The van der Waals surface area contributed by atoms with Crippen molar-refractivity contribution in [3.63, 3.8) is 0 Å². The minimum absolute atomic E-state index is 0.0340. The molecule has 3 amide bonds. The quantitative estimate of drug-likeness (QED) is 0.142. The first kappa shape index (κ1) is 31.0. The predicted molar refractivity (Wildman–Crippen MR) is 136 cm³/mol. The third-order valence-corrected chi connectivity index (χ3v) is 5.58. The Bertz CT molecular complexity index is 829. The fourth-order valence-corrected chi connectivity index (χ4v) is 3.68. The Morgan fingerprint density at radius 1 is 0.917 bits per heavy atom. The van der Waals surface area contributed by atoms with E-state index in [2.05, 4.69) is 25.9 Å². The number of H-pyrrole nitrogens is 1. The lowest BCUT2D eigenvalue weighted by atomic mass is 10.0. The van der Waals surface area contributed by atoms with Crippen LogP contribution in [0.2, 0.25) is 0 Å². The molecule has 4 atom stereocenters. The molecule has 0 spiro atoms. The fraction of sp³-hybridized carbons (Fsp3) is 0.708. The summed E-state index contributed by atoms with van der Waals surface area (Å²) in [4.78, 5) is 57.4. The summed E-state index contributed by atoms with van der Waals surface area (Å²) in [5.74, 6) is -2.70. The van der Waals surface area contributed by atoms with Gasteiger partial charge < -0.3 is 37.5 Å². The molecule has 0 bridgehead atoms. The predicted octanol–water partition coefficient (Wildman–Crippen LogP) is 0.0397. The number of rotatable bonds is 17. The van der Waals surface area contributed by atoms with E-state index in [1.807, 2.05) is 27.7 Å². The molecule has 1 rings (SSSR count). The summed E-state index contributed by atoms with van der Waals surface area (Å²) in [6.07, 6.45) is 5.47. The van der Waals surface area contributed by atoms with Crippen molar-refractivity contribution < 1.29 is 24.3 Å². The van der Waals surface area contributed by atoms with Crippen LogP contribution in [-0.4, -0.2) is 69.5 Å². The molecule has 12 nitrogen and oxygen atoms in total. The standard InChI is InChI=1S/C24H43N7O5/c1-14(2)9-18(29-21(32)17(26)7-5-6-8-25)22(33)30-19(11-16-12-27-13-28-16)23(34)31-20(24(35)36)10-15(3)4/h12-15,17-20H,5-11,25-26H2,1-4H3,(H,27,28)(H,29,32)(H,30,33)(H,31,34)(H,35,36). The van der Waals surface area contributed by atoms with Gasteiger partial charge in [0.05, 0.1) is 12.4 Å². The first-order valence-corrected chi connectivity index (χ1v) is 12.5. The maximum Gasteiger partial charge on any atom is 0.326 e. The van der Waals surface area contributed by atoms with Crippen LogP contribution in [0.3, 0.4) is 0 Å². The zero-order chi connectivity index (χ0) is 27.3. The summed E-state index contributed by atoms with van der Waals surface area (Å²) in [6.45, 7) is 8.03. The van der Waals surface area contributed by atoms with Crippen molar-refractivity contribution in [1.29, 1.82) is 0 Å². The zero-order valence-corrected chi connectivity index (χ0v) is 21.8. The smallest absolute Gasteiger partial charge is 0.326 e. The van der Waals surface area contributed by atoms with Crippen molar-refractivity contribution in [2.75, 3.05) is 6.54 Å². The number of nitrogens with one attached hydrogen (secondary N) is 4. The topological polar surface area (TPSA) is 205 Å². The normalized spacial score (nSPS) is 14.7. The van der Waals surface area contributed by atoms with Crippen molar-refractivity contribution in [2.45, 2.75) is 90.4 Å². The van der Waals surface area contributed by atoms with Gasteiger partial charge in [0.25, 0.3) is 0 Å². The monoisotopic (exact) mass is 509 g/mol. The van der Waals surface area contributed by atoms with Crippen LogP contribution in [0.15, 0.2) is 12.5 Å². The molecule has 0 radical (unpaired) electrons. The molecule has 1 aromatic rings. The average Bonchev–Trinajstić information content (AvgIpc) is 3.30. The molecule has 0 aliphatic carbocycles. The number of carboxylic acids is 1. The number of imidazole rings is 1. The number of aliphatic carboxylic acids is 1. The van der Waals surface area contributed by atoms with Gasteiger partial charge in [-0.25, -0.2) is 9.78 Å². The van der Waals surface area contributed by atoms with Gasteiger partial charge in [0.1, 0.15) is 18.1 Å². The van der Waals surface area contributed by atoms with Crippen molar-refractivity contribution in [3.8, 4) is 0 Å². The minimum atomic E-state index is -1.16. The van der Waals surface area contributed by atoms with Crippen molar-refractivity contribution in [1.82, 2.24) is 25.9 Å². The van der Waals surface area contributed by atoms with E-state index in [9.17, 15) is 24.3 Å². The molecule has 4 unspecified atom stereocenters. The lowest BCUT2D eigenvalue weighted by Crippen LogP contribution is -2.58. The van der Waals surface area contributed by atoms with Crippen LogP contribution < -0.4 is 27.4 Å². The van der Waals surface area contributed by atoms with Gasteiger partial charge >= 0.3 is 5.97 Å². The summed E-state index contributed by atoms with van der Waals surface area (Å²) in [7, 11) is 0. The summed E-state index contributed by atoms with van der Waals surface area (Å²) < 4.78 is 0. The number of hydrogen-bond acceptors (Lipinski definition) is 7. The molecule has 1 aromatic heterocycles. The van der Waals surface area contributed by atoms with Crippen LogP contribution in [0, 0.1) is 11.8 Å². The highest BCUT2D eigenvalue weighted by atomic mass is 16.4. The molecule has 0 aliphatic heterocycles. The number of nitrogens with two attached hydrogens (primary N) is 2. The van der Waals surface area contributed by atoms with Crippen LogP contribution >= 0.6 is 0 Å². The number of carbonyl (C=O) groups is 4. The Kier molecular flexibility index (Phi) is 13.7. The van der Waals surface area contributed by atoms with E-state index < -0.39 is 47.9 Å². The van der Waals surface area contributed by atoms with E-state index in [1.165, 1.54) is 12.5 Å². The highest BCUT2D eigenvalue weighted by molar-refractivity contribution is 5.94. The van der Waals surface area contributed by atoms with E-state index in [-0.39, 0.29) is 24.7 Å². The minimum Gasteiger partial charge on any atom is -0.480 e. The van der Waals surface area contributed by atoms with Gasteiger partial charge in [-0.15, -0.1) is 0 Å². The number of carboxylic acid groups (broad SMARTS) is 1. The molecule has 0 aliphatic rings. The van der Waals surface area contributed by atoms with E-state index in [4.69, 9.17) is 11.5 Å². The molecule has 0 fully saturated rings. The highest BCUT2D eigenvalue weighted by Crippen LogP contribution is 2.10. The van der Waals surface area contributed by atoms with Crippen LogP contribution in [0.5, 0.6) is 0 Å². The third-order valence-electron chi connectivity index (χ3n) is 5.58. The molecule has 36 heavy (non-hydrogen) atoms. The molecular formula is C24H43N7O5. The molecule has 12 heteroatoms. The summed E-state index contributed by atoms with van der Waals surface area (Å²) >= 11 is 0. The fourth-order valence-electron chi connectivity index (χ4n) is 3.68. The van der Waals surface area contributed by atoms with E-state index in [1.54, 1.807) is 0 Å². The maximum absolute atomic E-state index is 13.2. The molecule has 204 valence electrons. The molecular weight excluding hydrogens is 466 g/mol. The van der Waals surface area contributed by atoms with Crippen molar-refractivity contribution >= 4 is 23.7 Å². The number of aromatic amines is 1. The number of unbranched alkanes of at least 4 members (excludes halogenated alkanes) is 1. The number of nitrogens with zero attached hydrogens (tertiary/aromatic N) is 1. The molecule has 0 saturated carbocycles. The Balaban J connectivity index is 3.01. The number of carbonyl (C=O) groups excluding carboxylic acids is 3. The molecule has 9 N–H and O–H groups in total. The van der Waals surface area contributed by atoms with Crippen LogP contribution in [-0.2, 0) is 25.6 Å². The van der Waals surface area contributed by atoms with Crippen LogP contribution in [0.4, 0.5) is 0 Å². The SMILES string of the molecule is CC(C)CC(NC(=O)C(Cc1cnc[nH]1)NC(=O)C(CC(C)C)NC(=O)C(N)CCCCN)C(=O)O. The van der Waals surface area contributed by atoms with Gasteiger partial charge in [-0.1, -0.05) is 34.1 Å². The van der Waals surface area contributed by atoms with Gasteiger partial charge in [-0.3, -0.25) is 14.4 Å². The van der Waals surface area contributed by atoms with Gasteiger partial charge in [-0.2, -0.15) is 0 Å². The maximum atomic E-state index is 13.2. The van der Waals surface area contributed by atoms with Crippen molar-refractivity contribution in [2.24, 2.45) is 23.3 Å². The number of amides is 3. The first-order valence-electron chi connectivity index (χ1n) is 12.5. The van der Waals surface area contributed by atoms with Crippen molar-refractivity contribution in [3.05, 3.63) is 18.2 Å². The summed E-state index contributed by atoms with van der Waals surface area (Å²) in [5.41, 5.74) is 12.1. The Hall–Kier alpha value is -2.99. The van der Waals surface area contributed by atoms with Crippen LogP contribution in [0.25, 0.3) is 0 Å². The Morgan fingerprint density at radius 2 is 1.47 bits per heavy atom. The number of aromatic nitrogens is 2. The van der Waals surface area contributed by atoms with Gasteiger partial charge in [-0.05, 0) is 44.1 Å². The van der Waals surface area contributed by atoms with E-state index in [0.717, 1.165) is 6.42 Å². The second kappa shape index (κ2) is 15.9. The third kappa shape index (κ3) is 11.6. The lowest BCUT2D eigenvalue weighted by molar-refractivity contribution is -0.142. The summed E-state index contributed by atoms with van der Waals surface area (Å²) in [5, 5.41) is 17.5. The lowest BCUT2D eigenvalue weighted by Gasteiger charge is -2.26. The first-order chi connectivity index (χ1) is 16.9. The Labute approximate surface area is 212 Å². The van der Waals surface area contributed by atoms with Gasteiger partial charge in [0.2, 0.25) is 17.7 Å². The molecule has 0 saturated heterocycles. The molecule has 1 heterocycles. The zero-order valence-electron chi connectivity index (χ0n) is 21.8. The van der Waals surface area contributed by atoms with E-state index in [0.29, 0.717) is 31.5 Å². The van der Waals surface area contributed by atoms with Gasteiger partial charge in [0.15, 0.2) is 0 Å². The van der Waals surface area contributed by atoms with E-state index >= 15 is 0 Å². The highest BCUT2D eigenvalue weighted by Gasteiger charge is 2.31. The summed E-state index contributed by atoms with van der Waals surface area (Å²) in [6, 6.07) is -3.88.